The molecule has 10 nitrogen and oxygen atoms in total. The second-order valence-corrected chi connectivity index (χ2v) is 7.76. The molecule has 1 aliphatic rings. The van der Waals surface area contributed by atoms with Gasteiger partial charge in [-0.1, -0.05) is 18.2 Å². The van der Waals surface area contributed by atoms with Gasteiger partial charge in [-0.15, -0.1) is 0 Å². The lowest BCUT2D eigenvalue weighted by Crippen LogP contribution is -2.46. The lowest BCUT2D eigenvalue weighted by Gasteiger charge is -2.27. The highest BCUT2D eigenvalue weighted by molar-refractivity contribution is 5.98. The Labute approximate surface area is 201 Å². The van der Waals surface area contributed by atoms with Gasteiger partial charge in [-0.05, 0) is 36.8 Å². The van der Waals surface area contributed by atoms with Crippen LogP contribution in [0.3, 0.4) is 0 Å². The van der Waals surface area contributed by atoms with Crippen LogP contribution in [0.1, 0.15) is 22.5 Å². The molecule has 0 atom stereocenters. The summed E-state index contributed by atoms with van der Waals surface area (Å²) in [6, 6.07) is 17.3. The fourth-order valence-electron chi connectivity index (χ4n) is 3.81. The number of hydrazine groups is 1. The Hall–Kier alpha value is -4.49. The summed E-state index contributed by atoms with van der Waals surface area (Å²) in [6.07, 6.45) is 0.609. The number of amides is 3. The number of carbonyl (C=O) groups excluding carboxylic acids is 3. The minimum atomic E-state index is -0.463. The van der Waals surface area contributed by atoms with Crippen LogP contribution >= 0.6 is 0 Å². The van der Waals surface area contributed by atoms with Crippen molar-refractivity contribution in [3.63, 3.8) is 0 Å². The Morgan fingerprint density at radius 2 is 1.86 bits per heavy atom. The van der Waals surface area contributed by atoms with E-state index in [0.29, 0.717) is 42.0 Å². The molecule has 0 saturated carbocycles. The molecule has 2 heterocycles. The van der Waals surface area contributed by atoms with Crippen molar-refractivity contribution in [1.82, 2.24) is 15.0 Å². The number of fused-ring (bicyclic) bond motifs is 1. The third-order valence-corrected chi connectivity index (χ3v) is 5.40. The molecule has 178 valence electrons. The van der Waals surface area contributed by atoms with Gasteiger partial charge in [0.2, 0.25) is 5.91 Å². The van der Waals surface area contributed by atoms with Crippen LogP contribution in [0.2, 0.25) is 0 Å². The van der Waals surface area contributed by atoms with E-state index in [-0.39, 0.29) is 18.9 Å². The highest BCUT2D eigenvalue weighted by Gasteiger charge is 2.32. The first-order chi connectivity index (χ1) is 17.0. The van der Waals surface area contributed by atoms with Crippen molar-refractivity contribution in [1.29, 1.82) is 5.26 Å². The van der Waals surface area contributed by atoms with Gasteiger partial charge in [0, 0.05) is 30.2 Å². The maximum Gasteiger partial charge on any atom is 0.291 e. The van der Waals surface area contributed by atoms with Gasteiger partial charge in [-0.3, -0.25) is 14.4 Å². The molecule has 1 fully saturated rings. The maximum absolute atomic E-state index is 13.2. The van der Waals surface area contributed by atoms with Crippen molar-refractivity contribution in [3.05, 3.63) is 65.9 Å². The van der Waals surface area contributed by atoms with Gasteiger partial charge in [0.25, 0.3) is 11.8 Å². The van der Waals surface area contributed by atoms with Gasteiger partial charge in [0.1, 0.15) is 24.7 Å². The molecular formula is C25H23N5O5. The van der Waals surface area contributed by atoms with Crippen LogP contribution in [0.5, 0.6) is 5.75 Å². The maximum atomic E-state index is 13.2. The summed E-state index contributed by atoms with van der Waals surface area (Å²) in [5, 5.41) is 15.0. The average Bonchev–Trinajstić information content (AvgIpc) is 3.37. The number of nitrogens with zero attached hydrogens (tertiary/aromatic N) is 4. The van der Waals surface area contributed by atoms with Gasteiger partial charge >= 0.3 is 0 Å². The van der Waals surface area contributed by atoms with Crippen molar-refractivity contribution in [3.8, 4) is 11.8 Å². The Balaban J connectivity index is 1.36. The molecule has 3 aromatic rings. The quantitative estimate of drug-likeness (QED) is 0.558. The summed E-state index contributed by atoms with van der Waals surface area (Å²) in [7, 11) is 1.52. The number of hydrogen-bond donors (Lipinski definition) is 1. The van der Waals surface area contributed by atoms with Crippen LogP contribution in [0.25, 0.3) is 10.9 Å². The lowest BCUT2D eigenvalue weighted by atomic mass is 10.1. The van der Waals surface area contributed by atoms with Crippen molar-refractivity contribution >= 4 is 34.3 Å². The van der Waals surface area contributed by atoms with E-state index in [1.807, 2.05) is 24.3 Å². The molecule has 10 heteroatoms. The molecule has 1 saturated heterocycles. The number of benzene rings is 2. The molecule has 4 rings (SSSR count). The summed E-state index contributed by atoms with van der Waals surface area (Å²) in [5.41, 5.74) is 1.65. The van der Waals surface area contributed by atoms with Gasteiger partial charge < -0.3 is 14.8 Å². The molecule has 0 radical (unpaired) electrons. The highest BCUT2D eigenvalue weighted by atomic mass is 16.5. The second-order valence-electron chi connectivity index (χ2n) is 7.76. The molecule has 1 aromatic heterocycles. The van der Waals surface area contributed by atoms with Gasteiger partial charge in [-0.2, -0.15) is 5.26 Å². The van der Waals surface area contributed by atoms with Gasteiger partial charge in [0.15, 0.2) is 0 Å². The lowest BCUT2D eigenvalue weighted by molar-refractivity contribution is -0.146. The van der Waals surface area contributed by atoms with Crippen molar-refractivity contribution < 1.29 is 23.9 Å². The number of rotatable bonds is 7. The zero-order valence-electron chi connectivity index (χ0n) is 19.1. The Morgan fingerprint density at radius 3 is 2.66 bits per heavy atom. The van der Waals surface area contributed by atoms with Gasteiger partial charge in [-0.25, -0.2) is 15.0 Å². The molecule has 0 bridgehead atoms. The van der Waals surface area contributed by atoms with Crippen molar-refractivity contribution in [2.24, 2.45) is 0 Å². The summed E-state index contributed by atoms with van der Waals surface area (Å²) < 4.78 is 10.7. The monoisotopic (exact) mass is 473 g/mol. The van der Waals surface area contributed by atoms with E-state index in [1.165, 1.54) is 23.2 Å². The Morgan fingerprint density at radius 1 is 1.06 bits per heavy atom. The van der Waals surface area contributed by atoms with E-state index in [9.17, 15) is 14.4 Å². The molecule has 2 aromatic carbocycles. The fraction of sp³-hybridized carbons (Fsp3) is 0.240. The first kappa shape index (κ1) is 23.7. The SMILES string of the molecule is COc1cc(C(=O)N2CCCN2C(=O)COCC(=O)Nc2cccc(C#N)c2)nc2ccccc12. The van der Waals surface area contributed by atoms with Crippen LogP contribution in [0.15, 0.2) is 54.6 Å². The first-order valence-electron chi connectivity index (χ1n) is 10.9. The van der Waals surface area contributed by atoms with Crippen LogP contribution < -0.4 is 10.1 Å². The smallest absolute Gasteiger partial charge is 0.291 e. The van der Waals surface area contributed by atoms with Crippen LogP contribution in [-0.4, -0.2) is 66.1 Å². The number of anilines is 1. The van der Waals surface area contributed by atoms with E-state index in [4.69, 9.17) is 14.7 Å². The topological polar surface area (TPSA) is 125 Å². The van der Waals surface area contributed by atoms with Crippen molar-refractivity contribution in [2.45, 2.75) is 6.42 Å². The van der Waals surface area contributed by atoms with E-state index in [1.54, 1.807) is 30.3 Å². The first-order valence-corrected chi connectivity index (χ1v) is 10.9. The number of pyridine rings is 1. The van der Waals surface area contributed by atoms with Crippen LogP contribution in [0, 0.1) is 11.3 Å². The normalized spacial score (nSPS) is 12.9. The van der Waals surface area contributed by atoms with Crippen molar-refractivity contribution in [2.75, 3.05) is 38.7 Å². The number of methoxy groups -OCH3 is 1. The zero-order chi connectivity index (χ0) is 24.8. The summed E-state index contributed by atoms with van der Waals surface area (Å²) in [5.74, 6) is -0.807. The number of carbonyl (C=O) groups is 3. The molecule has 35 heavy (non-hydrogen) atoms. The molecule has 0 spiro atoms. The average molecular weight is 473 g/mol. The van der Waals surface area contributed by atoms with Gasteiger partial charge in [0.05, 0.1) is 24.3 Å². The standard InChI is InChI=1S/C25H23N5O5/c1-34-22-13-21(28-20-9-3-2-8-19(20)22)25(33)30-11-5-10-29(30)24(32)16-35-15-23(31)27-18-7-4-6-17(12-18)14-26/h2-4,6-9,12-13H,5,10-11,15-16H2,1H3,(H,27,31). The van der Waals surface area contributed by atoms with Crippen LogP contribution in [0.4, 0.5) is 5.69 Å². The fourth-order valence-corrected chi connectivity index (χ4v) is 3.81. The minimum absolute atomic E-state index is 0.167. The second kappa shape index (κ2) is 10.6. The summed E-state index contributed by atoms with van der Waals surface area (Å²) in [4.78, 5) is 42.5. The Kier molecular flexibility index (Phi) is 7.18. The number of ether oxygens (including phenoxy) is 2. The van der Waals surface area contributed by atoms with E-state index in [2.05, 4.69) is 10.3 Å². The third-order valence-electron chi connectivity index (χ3n) is 5.40. The van der Waals surface area contributed by atoms with E-state index < -0.39 is 17.7 Å². The predicted molar refractivity (Wildman–Crippen MR) is 126 cm³/mol. The number of hydrogen-bond acceptors (Lipinski definition) is 7. The largest absolute Gasteiger partial charge is 0.496 e. The number of nitrogens with one attached hydrogen (secondary N) is 1. The van der Waals surface area contributed by atoms with Crippen LogP contribution in [-0.2, 0) is 14.3 Å². The highest BCUT2D eigenvalue weighted by Crippen LogP contribution is 2.26. The summed E-state index contributed by atoms with van der Waals surface area (Å²) >= 11 is 0. The number of nitriles is 1. The molecule has 0 unspecified atom stereocenters. The molecule has 1 N–H and O–H groups in total. The minimum Gasteiger partial charge on any atom is -0.496 e. The zero-order valence-corrected chi connectivity index (χ0v) is 19.1. The van der Waals surface area contributed by atoms with E-state index in [0.717, 1.165) is 5.39 Å². The molecule has 3 amide bonds. The predicted octanol–water partition coefficient (Wildman–Crippen LogP) is 2.36. The van der Waals surface area contributed by atoms with E-state index >= 15 is 0 Å². The molecular weight excluding hydrogens is 450 g/mol. The number of para-hydroxylation sites is 1. The Bertz CT molecular complexity index is 1320. The third kappa shape index (κ3) is 5.37. The molecule has 1 aliphatic heterocycles. The molecule has 0 aliphatic carbocycles. The number of aromatic nitrogens is 1. The summed E-state index contributed by atoms with van der Waals surface area (Å²) in [6.45, 7) is -0.0133.